The lowest BCUT2D eigenvalue weighted by Gasteiger charge is -2.25. The van der Waals surface area contributed by atoms with E-state index < -0.39 is 0 Å². The number of carbonyl (C=O) groups excluding carboxylic acids is 1. The van der Waals surface area contributed by atoms with E-state index in [1.54, 1.807) is 12.0 Å². The summed E-state index contributed by atoms with van der Waals surface area (Å²) in [5.41, 5.74) is 2.11. The number of cyclic esters (lactones) is 1. The van der Waals surface area contributed by atoms with E-state index >= 15 is 0 Å². The molecule has 1 aliphatic heterocycles. The smallest absolute Gasteiger partial charge is 0.414 e. The Labute approximate surface area is 135 Å². The summed E-state index contributed by atoms with van der Waals surface area (Å²) in [6.45, 7) is 0.927. The highest BCUT2D eigenvalue weighted by Gasteiger charge is 2.32. The van der Waals surface area contributed by atoms with Gasteiger partial charge in [0.15, 0.2) is 0 Å². The Bertz CT molecular complexity index is 552. The van der Waals surface area contributed by atoms with Crippen LogP contribution in [0.5, 0.6) is 0 Å². The van der Waals surface area contributed by atoms with E-state index in [1.807, 2.05) is 12.1 Å². The van der Waals surface area contributed by atoms with Crippen LogP contribution in [0, 0.1) is 4.91 Å². The number of rotatable bonds is 5. The summed E-state index contributed by atoms with van der Waals surface area (Å²) in [5.74, 6) is 0.480. The van der Waals surface area contributed by atoms with E-state index in [0.29, 0.717) is 19.1 Å². The molecule has 0 spiro atoms. The molecule has 1 amide bonds. The normalized spacial score (nSPS) is 27.8. The molecule has 6 heteroatoms. The molecule has 0 radical (unpaired) electrons. The van der Waals surface area contributed by atoms with Crippen molar-refractivity contribution in [2.45, 2.75) is 43.7 Å². The molecular weight excluding hydrogens is 296 g/mol. The summed E-state index contributed by atoms with van der Waals surface area (Å²) >= 11 is 0. The van der Waals surface area contributed by atoms with Crippen LogP contribution in [0.3, 0.4) is 0 Å². The topological polar surface area (TPSA) is 68.2 Å². The van der Waals surface area contributed by atoms with Gasteiger partial charge in [-0.1, -0.05) is 17.3 Å². The van der Waals surface area contributed by atoms with Gasteiger partial charge >= 0.3 is 6.09 Å². The fourth-order valence-electron chi connectivity index (χ4n) is 3.45. The van der Waals surface area contributed by atoms with E-state index in [1.165, 1.54) is 5.56 Å². The number of amides is 1. The standard InChI is InChI=1S/C17H22N2O4/c1-22-11-16-10-19(17(20)23-16)15-8-4-13(5-9-15)12-2-6-14(18-21)7-3-12/h4-5,8-9,12,14,16H,2-3,6-7,10-11H2,1H3. The van der Waals surface area contributed by atoms with Crippen LogP contribution >= 0.6 is 0 Å². The van der Waals surface area contributed by atoms with Crippen LogP contribution in [0.15, 0.2) is 29.4 Å². The van der Waals surface area contributed by atoms with Gasteiger partial charge in [-0.05, 0) is 49.3 Å². The second-order valence-corrected chi connectivity index (χ2v) is 6.27. The first-order valence-corrected chi connectivity index (χ1v) is 8.10. The van der Waals surface area contributed by atoms with Crippen molar-refractivity contribution in [3.63, 3.8) is 0 Å². The molecule has 1 saturated carbocycles. The van der Waals surface area contributed by atoms with E-state index in [0.717, 1.165) is 31.4 Å². The maximum absolute atomic E-state index is 11.9. The van der Waals surface area contributed by atoms with Gasteiger partial charge in [0.05, 0.1) is 19.2 Å². The van der Waals surface area contributed by atoms with Crippen LogP contribution in [0.1, 0.15) is 37.2 Å². The third-order valence-corrected chi connectivity index (χ3v) is 4.75. The van der Waals surface area contributed by atoms with Crippen molar-refractivity contribution in [3.8, 4) is 0 Å². The predicted octanol–water partition coefficient (Wildman–Crippen LogP) is 3.45. The molecule has 6 nitrogen and oxygen atoms in total. The van der Waals surface area contributed by atoms with Crippen molar-refractivity contribution >= 4 is 11.8 Å². The molecule has 2 fully saturated rings. The lowest BCUT2D eigenvalue weighted by Crippen LogP contribution is -2.25. The SMILES string of the molecule is COCC1CN(c2ccc(C3CCC(N=O)CC3)cc2)C(=O)O1. The highest BCUT2D eigenvalue weighted by atomic mass is 16.6. The molecular formula is C17H22N2O4. The van der Waals surface area contributed by atoms with E-state index in [4.69, 9.17) is 9.47 Å². The molecule has 1 aromatic rings. The van der Waals surface area contributed by atoms with Crippen molar-refractivity contribution in [1.29, 1.82) is 0 Å². The minimum atomic E-state index is -0.322. The van der Waals surface area contributed by atoms with Gasteiger partial charge < -0.3 is 9.47 Å². The Balaban J connectivity index is 1.63. The number of benzene rings is 1. The average molecular weight is 318 g/mol. The molecule has 1 aromatic carbocycles. The molecule has 0 N–H and O–H groups in total. The number of ether oxygens (including phenoxy) is 2. The van der Waals surface area contributed by atoms with Crippen LogP contribution < -0.4 is 4.90 Å². The van der Waals surface area contributed by atoms with Gasteiger partial charge in [0.2, 0.25) is 0 Å². The van der Waals surface area contributed by atoms with Crippen LogP contribution in [0.25, 0.3) is 0 Å². The monoisotopic (exact) mass is 318 g/mol. The number of nitroso groups, excluding NO2 is 1. The summed E-state index contributed by atoms with van der Waals surface area (Å²) in [5, 5.41) is 3.15. The number of nitrogens with zero attached hydrogens (tertiary/aromatic N) is 2. The molecule has 0 bridgehead atoms. The molecule has 1 saturated heterocycles. The Morgan fingerprint density at radius 3 is 2.52 bits per heavy atom. The molecule has 1 aliphatic carbocycles. The molecule has 0 aromatic heterocycles. The summed E-state index contributed by atoms with van der Waals surface area (Å²) in [6, 6.07) is 8.07. The van der Waals surface area contributed by atoms with Gasteiger partial charge in [-0.3, -0.25) is 4.90 Å². The molecule has 1 heterocycles. The number of carbonyl (C=O) groups is 1. The quantitative estimate of drug-likeness (QED) is 0.780. The largest absolute Gasteiger partial charge is 0.441 e. The molecule has 23 heavy (non-hydrogen) atoms. The van der Waals surface area contributed by atoms with E-state index in [2.05, 4.69) is 17.3 Å². The fraction of sp³-hybridized carbons (Fsp3) is 0.588. The number of anilines is 1. The first kappa shape index (κ1) is 15.9. The first-order chi connectivity index (χ1) is 11.2. The zero-order valence-electron chi connectivity index (χ0n) is 13.3. The van der Waals surface area contributed by atoms with E-state index in [9.17, 15) is 9.70 Å². The molecule has 1 atom stereocenters. The maximum Gasteiger partial charge on any atom is 0.414 e. The van der Waals surface area contributed by atoms with Gasteiger partial charge in [-0.15, -0.1) is 0 Å². The van der Waals surface area contributed by atoms with Crippen molar-refractivity contribution in [2.24, 2.45) is 5.18 Å². The fourth-order valence-corrected chi connectivity index (χ4v) is 3.45. The third kappa shape index (κ3) is 3.52. The Morgan fingerprint density at radius 2 is 1.91 bits per heavy atom. The van der Waals surface area contributed by atoms with Crippen molar-refractivity contribution in [3.05, 3.63) is 34.7 Å². The molecule has 2 aliphatic rings. The molecule has 3 rings (SSSR count). The Morgan fingerprint density at radius 1 is 1.22 bits per heavy atom. The highest BCUT2D eigenvalue weighted by Crippen LogP contribution is 2.35. The summed E-state index contributed by atoms with van der Waals surface area (Å²) < 4.78 is 10.3. The van der Waals surface area contributed by atoms with Gasteiger partial charge in [0.25, 0.3) is 0 Å². The van der Waals surface area contributed by atoms with Crippen LogP contribution in [-0.2, 0) is 9.47 Å². The van der Waals surface area contributed by atoms with Gasteiger partial charge in [-0.2, -0.15) is 4.91 Å². The summed E-state index contributed by atoms with van der Waals surface area (Å²) in [7, 11) is 1.60. The van der Waals surface area contributed by atoms with Gasteiger partial charge in [0, 0.05) is 12.8 Å². The minimum absolute atomic E-state index is 0.0115. The zero-order chi connectivity index (χ0) is 16.2. The second-order valence-electron chi connectivity index (χ2n) is 6.27. The Kier molecular flexibility index (Phi) is 4.91. The maximum atomic E-state index is 11.9. The summed E-state index contributed by atoms with van der Waals surface area (Å²) in [4.78, 5) is 24.2. The number of methoxy groups -OCH3 is 1. The van der Waals surface area contributed by atoms with Crippen LogP contribution in [0.4, 0.5) is 10.5 Å². The van der Waals surface area contributed by atoms with Crippen LogP contribution in [-0.4, -0.2) is 38.5 Å². The van der Waals surface area contributed by atoms with Gasteiger partial charge in [0.1, 0.15) is 6.10 Å². The summed E-state index contributed by atoms with van der Waals surface area (Å²) in [6.07, 6.45) is 3.20. The van der Waals surface area contributed by atoms with Crippen LogP contribution in [0.2, 0.25) is 0 Å². The first-order valence-electron chi connectivity index (χ1n) is 8.10. The Hall–Kier alpha value is -1.95. The lowest BCUT2D eigenvalue weighted by atomic mass is 9.82. The number of hydrogen-bond donors (Lipinski definition) is 0. The highest BCUT2D eigenvalue weighted by molar-refractivity contribution is 5.89. The lowest BCUT2D eigenvalue weighted by molar-refractivity contribution is 0.0718. The average Bonchev–Trinajstić information content (AvgIpc) is 2.96. The molecule has 124 valence electrons. The van der Waals surface area contributed by atoms with Crippen molar-refractivity contribution < 1.29 is 14.3 Å². The molecule has 1 unspecified atom stereocenters. The second kappa shape index (κ2) is 7.08. The van der Waals surface area contributed by atoms with E-state index in [-0.39, 0.29) is 18.2 Å². The van der Waals surface area contributed by atoms with Gasteiger partial charge in [-0.25, -0.2) is 4.79 Å². The third-order valence-electron chi connectivity index (χ3n) is 4.75. The van der Waals surface area contributed by atoms with Crippen molar-refractivity contribution in [1.82, 2.24) is 0 Å². The van der Waals surface area contributed by atoms with Crippen molar-refractivity contribution in [2.75, 3.05) is 25.2 Å². The number of hydrogen-bond acceptors (Lipinski definition) is 5. The minimum Gasteiger partial charge on any atom is -0.441 e. The predicted molar refractivity (Wildman–Crippen MR) is 86.7 cm³/mol. The zero-order valence-corrected chi connectivity index (χ0v) is 13.3.